The molecule has 1 nitrogen and oxygen atoms in total. The highest BCUT2D eigenvalue weighted by Crippen LogP contribution is 2.63. The lowest BCUT2D eigenvalue weighted by Crippen LogP contribution is -2.26. The van der Waals surface area contributed by atoms with Crippen molar-refractivity contribution in [3.8, 4) is 55.6 Å². The molecule has 0 bridgehead atoms. The van der Waals surface area contributed by atoms with Crippen molar-refractivity contribution < 1.29 is 0 Å². The van der Waals surface area contributed by atoms with Crippen LogP contribution >= 0.6 is 0 Å². The van der Waals surface area contributed by atoms with Crippen molar-refractivity contribution in [1.82, 2.24) is 0 Å². The first kappa shape index (κ1) is 36.9. The van der Waals surface area contributed by atoms with Gasteiger partial charge in [0.15, 0.2) is 0 Å². The highest BCUT2D eigenvalue weighted by atomic mass is 15.1. The highest BCUT2D eigenvalue weighted by Gasteiger charge is 2.51. The van der Waals surface area contributed by atoms with E-state index in [9.17, 15) is 0 Å². The van der Waals surface area contributed by atoms with E-state index in [-0.39, 0.29) is 5.41 Å². The number of benzene rings is 10. The Morgan fingerprint density at radius 2 is 0.797 bits per heavy atom. The second-order valence-corrected chi connectivity index (χ2v) is 18.4. The summed E-state index contributed by atoms with van der Waals surface area (Å²) in [6.07, 6.45) is 0. The number of nitrogens with zero attached hydrogens (tertiary/aromatic N) is 1. The number of fused-ring (bicyclic) bond motifs is 14. The van der Waals surface area contributed by atoms with Crippen LogP contribution in [0.1, 0.15) is 52.8 Å². The molecule has 10 aromatic rings. The summed E-state index contributed by atoms with van der Waals surface area (Å²) in [4.78, 5) is 2.58. The van der Waals surface area contributed by atoms with Crippen molar-refractivity contribution >= 4 is 27.8 Å². The van der Waals surface area contributed by atoms with Crippen LogP contribution in [-0.4, -0.2) is 0 Å². The van der Waals surface area contributed by atoms with Crippen molar-refractivity contribution in [3.05, 3.63) is 257 Å². The number of rotatable bonds is 5. The molecule has 0 heterocycles. The molecule has 0 saturated carbocycles. The Kier molecular flexibility index (Phi) is 7.85. The molecule has 3 aliphatic carbocycles. The Bertz CT molecular complexity index is 3480. The van der Waals surface area contributed by atoms with Crippen molar-refractivity contribution in [1.29, 1.82) is 0 Å². The van der Waals surface area contributed by atoms with E-state index in [4.69, 9.17) is 0 Å². The lowest BCUT2D eigenvalue weighted by Gasteiger charge is -2.34. The van der Waals surface area contributed by atoms with E-state index in [1.54, 1.807) is 0 Å². The molecule has 0 saturated heterocycles. The molecule has 0 fully saturated rings. The topological polar surface area (TPSA) is 3.24 Å². The quantitative estimate of drug-likeness (QED) is 0.167. The minimum absolute atomic E-state index is 0.163. The smallest absolute Gasteiger partial charge is 0.0726 e. The first-order chi connectivity index (χ1) is 31.4. The van der Waals surface area contributed by atoms with Gasteiger partial charge >= 0.3 is 0 Å². The maximum absolute atomic E-state index is 2.58. The molecule has 0 N–H and O–H groups in total. The zero-order chi connectivity index (χ0) is 42.7. The van der Waals surface area contributed by atoms with Crippen LogP contribution in [-0.2, 0) is 10.8 Å². The fourth-order valence-electron chi connectivity index (χ4n) is 12.0. The molecule has 0 unspecified atom stereocenters. The normalized spacial score (nSPS) is 14.1. The van der Waals surface area contributed by atoms with E-state index < -0.39 is 5.41 Å². The predicted octanol–water partition coefficient (Wildman–Crippen LogP) is 16.6. The Hall–Kier alpha value is -7.74. The van der Waals surface area contributed by atoms with Gasteiger partial charge in [-0.3, -0.25) is 0 Å². The molecule has 0 radical (unpaired) electrons. The minimum Gasteiger partial charge on any atom is -0.310 e. The number of aryl methyl sites for hydroxylation is 1. The minimum atomic E-state index is -0.460. The third-order valence-corrected chi connectivity index (χ3v) is 14.8. The summed E-state index contributed by atoms with van der Waals surface area (Å²) in [6.45, 7) is 7.08. The van der Waals surface area contributed by atoms with E-state index in [2.05, 4.69) is 244 Å². The molecule has 3 aliphatic rings. The Morgan fingerprint density at radius 3 is 1.44 bits per heavy atom. The molecule has 0 amide bonds. The number of hydrogen-bond acceptors (Lipinski definition) is 1. The Labute approximate surface area is 375 Å². The summed E-state index contributed by atoms with van der Waals surface area (Å²) < 4.78 is 0. The van der Waals surface area contributed by atoms with Gasteiger partial charge in [0.25, 0.3) is 0 Å². The van der Waals surface area contributed by atoms with Crippen LogP contribution in [0.4, 0.5) is 17.1 Å². The van der Waals surface area contributed by atoms with Crippen LogP contribution in [0.5, 0.6) is 0 Å². The van der Waals surface area contributed by atoms with E-state index in [1.807, 2.05) is 0 Å². The molecule has 1 spiro atoms. The molecule has 302 valence electrons. The van der Waals surface area contributed by atoms with Crippen LogP contribution < -0.4 is 4.90 Å². The van der Waals surface area contributed by atoms with Crippen molar-refractivity contribution in [2.75, 3.05) is 4.90 Å². The summed E-state index contributed by atoms with van der Waals surface area (Å²) in [7, 11) is 0. The van der Waals surface area contributed by atoms with Crippen molar-refractivity contribution in [2.24, 2.45) is 0 Å². The van der Waals surface area contributed by atoms with E-state index in [1.165, 1.54) is 111 Å². The van der Waals surface area contributed by atoms with Gasteiger partial charge in [0.1, 0.15) is 0 Å². The third-order valence-electron chi connectivity index (χ3n) is 14.8. The van der Waals surface area contributed by atoms with Crippen LogP contribution in [0.2, 0.25) is 0 Å². The van der Waals surface area contributed by atoms with Gasteiger partial charge < -0.3 is 4.90 Å². The number of hydrogen-bond donors (Lipinski definition) is 0. The third kappa shape index (κ3) is 5.01. The van der Waals surface area contributed by atoms with Crippen LogP contribution in [0.15, 0.2) is 218 Å². The molecular formula is C63H45N. The fourth-order valence-corrected chi connectivity index (χ4v) is 12.0. The fraction of sp³-hybridized carbons (Fsp3) is 0.0794. The molecule has 64 heavy (non-hydrogen) atoms. The monoisotopic (exact) mass is 815 g/mol. The van der Waals surface area contributed by atoms with Gasteiger partial charge in [-0.15, -0.1) is 0 Å². The zero-order valence-corrected chi connectivity index (χ0v) is 36.2. The lowest BCUT2D eigenvalue weighted by molar-refractivity contribution is 0.660. The van der Waals surface area contributed by atoms with Crippen molar-refractivity contribution in [2.45, 2.75) is 31.6 Å². The summed E-state index contributed by atoms with van der Waals surface area (Å²) in [5, 5.41) is 2.50. The van der Waals surface area contributed by atoms with E-state index in [0.717, 1.165) is 11.4 Å². The van der Waals surface area contributed by atoms with E-state index in [0.29, 0.717) is 0 Å². The Balaban J connectivity index is 1.11. The maximum atomic E-state index is 2.58. The summed E-state index contributed by atoms with van der Waals surface area (Å²) >= 11 is 0. The molecule has 1 heteroatoms. The molecule has 0 atom stereocenters. The molecule has 10 aromatic carbocycles. The maximum Gasteiger partial charge on any atom is 0.0726 e. The number of anilines is 3. The SMILES string of the molecule is Cc1cc(-c2cccc3ccccc23)cc(-c2ccccc2)c1N(c1ccc2c(c1)C(C)(C)c1ccccc1-2)c1ccc2c(c1)C1(c3ccccc3-c3ccccc31)c1ccccc1-2. The average molecular weight is 816 g/mol. The van der Waals surface area contributed by atoms with Crippen molar-refractivity contribution in [3.63, 3.8) is 0 Å². The molecular weight excluding hydrogens is 771 g/mol. The average Bonchev–Trinajstić information content (AvgIpc) is 3.90. The largest absolute Gasteiger partial charge is 0.310 e. The lowest BCUT2D eigenvalue weighted by atomic mass is 9.70. The predicted molar refractivity (Wildman–Crippen MR) is 268 cm³/mol. The molecule has 13 rings (SSSR count). The second kappa shape index (κ2) is 13.6. The summed E-state index contributed by atoms with van der Waals surface area (Å²) in [6, 6.07) is 82.1. The first-order valence-electron chi connectivity index (χ1n) is 22.6. The first-order valence-corrected chi connectivity index (χ1v) is 22.6. The standard InChI is InChI=1S/C63H45N/c1-40-36-43(47-27-17-21-41-20-7-8-22-46(41)47)37-54(42-18-5-4-6-19-42)61(40)64(44-32-34-52-48-23-9-13-28-55(48)62(2,3)59(52)38-44)45-33-35-53-51-26-12-16-31-58(51)63(60(53)39-45)56-29-14-10-24-49(56)50-25-11-15-30-57(50)63/h4-39H,1-3H3. The zero-order valence-electron chi connectivity index (χ0n) is 36.2. The van der Waals surface area contributed by atoms with Gasteiger partial charge in [0.2, 0.25) is 0 Å². The second-order valence-electron chi connectivity index (χ2n) is 18.4. The summed E-state index contributed by atoms with van der Waals surface area (Å²) in [5.74, 6) is 0. The van der Waals surface area contributed by atoms with Crippen LogP contribution in [0, 0.1) is 6.92 Å². The summed E-state index contributed by atoms with van der Waals surface area (Å²) in [5.41, 5.74) is 24.9. The highest BCUT2D eigenvalue weighted by molar-refractivity contribution is 6.01. The van der Waals surface area contributed by atoms with Crippen LogP contribution in [0.3, 0.4) is 0 Å². The molecule has 0 aliphatic heterocycles. The molecule has 0 aromatic heterocycles. The van der Waals surface area contributed by atoms with Gasteiger partial charge in [0, 0.05) is 22.4 Å². The Morgan fingerprint density at radius 1 is 0.328 bits per heavy atom. The van der Waals surface area contributed by atoms with Gasteiger partial charge in [-0.05, 0) is 143 Å². The van der Waals surface area contributed by atoms with Gasteiger partial charge in [-0.1, -0.05) is 196 Å². The van der Waals surface area contributed by atoms with E-state index >= 15 is 0 Å². The van der Waals surface area contributed by atoms with Gasteiger partial charge in [0.05, 0.1) is 11.1 Å². The van der Waals surface area contributed by atoms with Crippen LogP contribution in [0.25, 0.3) is 66.4 Å². The van der Waals surface area contributed by atoms with Gasteiger partial charge in [-0.2, -0.15) is 0 Å². The van der Waals surface area contributed by atoms with Gasteiger partial charge in [-0.25, -0.2) is 0 Å².